The van der Waals surface area contributed by atoms with Crippen molar-refractivity contribution in [3.63, 3.8) is 0 Å². The van der Waals surface area contributed by atoms with E-state index in [9.17, 15) is 30.7 Å². The molecular formula is C6H6F7I. The van der Waals surface area contributed by atoms with Gasteiger partial charge in [-0.2, -0.15) is 30.7 Å². The molecule has 86 valence electrons. The summed E-state index contributed by atoms with van der Waals surface area (Å²) in [7, 11) is 0. The third-order valence-electron chi connectivity index (χ3n) is 1.44. The molecule has 0 aromatic rings. The van der Waals surface area contributed by atoms with Gasteiger partial charge in [-0.25, -0.2) is 0 Å². The lowest BCUT2D eigenvalue weighted by Gasteiger charge is -2.27. The van der Waals surface area contributed by atoms with E-state index in [4.69, 9.17) is 0 Å². The summed E-state index contributed by atoms with van der Waals surface area (Å²) < 4.78 is 83.8. The van der Waals surface area contributed by atoms with Crippen LogP contribution in [0.1, 0.15) is 12.8 Å². The summed E-state index contributed by atoms with van der Waals surface area (Å²) in [6.45, 7) is 0. The van der Waals surface area contributed by atoms with Gasteiger partial charge in [-0.3, -0.25) is 0 Å². The first kappa shape index (κ1) is 14.2. The molecule has 0 atom stereocenters. The molecule has 14 heavy (non-hydrogen) atoms. The molecule has 0 amide bonds. The van der Waals surface area contributed by atoms with Gasteiger partial charge in [0, 0.05) is 6.42 Å². The molecule has 0 radical (unpaired) electrons. The minimum atomic E-state index is -6.21. The van der Waals surface area contributed by atoms with Gasteiger partial charge in [-0.15, -0.1) is 0 Å². The summed E-state index contributed by atoms with van der Waals surface area (Å²) in [5.74, 6) is -11.0. The molecular weight excluding hydrogens is 332 g/mol. The van der Waals surface area contributed by atoms with Gasteiger partial charge in [0.25, 0.3) is 0 Å². The molecule has 0 saturated carbocycles. The Kier molecular flexibility index (Phi) is 4.47. The Morgan fingerprint density at radius 1 is 0.857 bits per heavy atom. The molecule has 0 aromatic carbocycles. The average Bonchev–Trinajstić information content (AvgIpc) is 1.98. The molecule has 0 fully saturated rings. The highest BCUT2D eigenvalue weighted by Gasteiger charge is 2.72. The van der Waals surface area contributed by atoms with Crippen molar-refractivity contribution < 1.29 is 30.7 Å². The van der Waals surface area contributed by atoms with Crippen molar-refractivity contribution >= 4 is 22.6 Å². The smallest absolute Gasteiger partial charge is 0.200 e. The molecule has 0 nitrogen and oxygen atoms in total. The molecule has 0 aliphatic carbocycles. The molecule has 0 aliphatic heterocycles. The Labute approximate surface area is 89.0 Å². The maximum Gasteiger partial charge on any atom is 0.459 e. The van der Waals surface area contributed by atoms with Gasteiger partial charge in [-0.1, -0.05) is 22.6 Å². The molecule has 0 unspecified atom stereocenters. The summed E-state index contributed by atoms with van der Waals surface area (Å²) in [6.07, 6.45) is -8.07. The predicted octanol–water partition coefficient (Wildman–Crippen LogP) is 4.03. The first-order chi connectivity index (χ1) is 6.06. The lowest BCUT2D eigenvalue weighted by Crippen LogP contribution is -2.51. The van der Waals surface area contributed by atoms with E-state index in [1.165, 1.54) is 0 Å². The topological polar surface area (TPSA) is 0 Å². The van der Waals surface area contributed by atoms with E-state index in [2.05, 4.69) is 0 Å². The number of rotatable bonds is 4. The highest BCUT2D eigenvalue weighted by atomic mass is 127. The SMILES string of the molecule is FC(F)(F)C(F)(F)C(F)(F)CCCI. The van der Waals surface area contributed by atoms with E-state index in [0.717, 1.165) is 0 Å². The van der Waals surface area contributed by atoms with E-state index in [1.54, 1.807) is 22.6 Å². The van der Waals surface area contributed by atoms with Crippen LogP contribution in [0.2, 0.25) is 0 Å². The number of hydrogen-bond donors (Lipinski definition) is 0. The average molecular weight is 338 g/mol. The van der Waals surface area contributed by atoms with Crippen LogP contribution in [0.3, 0.4) is 0 Å². The summed E-state index contributed by atoms with van der Waals surface area (Å²) in [5.41, 5.74) is 0. The first-order valence-electron chi connectivity index (χ1n) is 3.44. The molecule has 0 bridgehead atoms. The standard InChI is InChI=1S/C6H6F7I/c7-4(8,2-1-3-14)5(9,10)6(11,12)13/h1-3H2. The van der Waals surface area contributed by atoms with Crippen LogP contribution in [0.15, 0.2) is 0 Å². The minimum Gasteiger partial charge on any atom is -0.200 e. The fourth-order valence-corrected chi connectivity index (χ4v) is 1.03. The second-order valence-corrected chi connectivity index (χ2v) is 3.65. The molecule has 0 heterocycles. The van der Waals surface area contributed by atoms with Crippen LogP contribution in [0.25, 0.3) is 0 Å². The Hall–Kier alpha value is 0.240. The molecule has 0 saturated heterocycles. The van der Waals surface area contributed by atoms with E-state index in [1.807, 2.05) is 0 Å². The largest absolute Gasteiger partial charge is 0.459 e. The summed E-state index contributed by atoms with van der Waals surface area (Å²) >= 11 is 1.62. The fraction of sp³-hybridized carbons (Fsp3) is 1.00. The van der Waals surface area contributed by atoms with Gasteiger partial charge in [0.15, 0.2) is 0 Å². The van der Waals surface area contributed by atoms with Gasteiger partial charge in [0.05, 0.1) is 0 Å². The van der Waals surface area contributed by atoms with Gasteiger partial charge >= 0.3 is 18.0 Å². The second-order valence-electron chi connectivity index (χ2n) is 2.57. The van der Waals surface area contributed by atoms with Crippen molar-refractivity contribution in [2.24, 2.45) is 0 Å². The summed E-state index contributed by atoms with van der Waals surface area (Å²) in [6, 6.07) is 0. The molecule has 0 spiro atoms. The van der Waals surface area contributed by atoms with Crippen LogP contribution < -0.4 is 0 Å². The number of hydrogen-bond acceptors (Lipinski definition) is 0. The second kappa shape index (κ2) is 4.40. The summed E-state index contributed by atoms with van der Waals surface area (Å²) in [4.78, 5) is 0. The van der Waals surface area contributed by atoms with E-state index in [0.29, 0.717) is 0 Å². The molecule has 0 N–H and O–H groups in total. The maximum atomic E-state index is 12.4. The van der Waals surface area contributed by atoms with Crippen molar-refractivity contribution in [2.45, 2.75) is 30.9 Å². The zero-order valence-corrected chi connectivity index (χ0v) is 8.80. The normalized spacial score (nSPS) is 14.6. The van der Waals surface area contributed by atoms with Crippen molar-refractivity contribution in [3.8, 4) is 0 Å². The highest BCUT2D eigenvalue weighted by molar-refractivity contribution is 14.1. The molecule has 0 aliphatic rings. The van der Waals surface area contributed by atoms with Crippen LogP contribution in [-0.4, -0.2) is 22.4 Å². The van der Waals surface area contributed by atoms with Crippen molar-refractivity contribution in [2.75, 3.05) is 4.43 Å². The number of alkyl halides is 8. The lowest BCUT2D eigenvalue weighted by molar-refractivity contribution is -0.355. The lowest BCUT2D eigenvalue weighted by atomic mass is 10.1. The first-order valence-corrected chi connectivity index (χ1v) is 4.97. The van der Waals surface area contributed by atoms with Crippen LogP contribution >= 0.6 is 22.6 Å². The third-order valence-corrected chi connectivity index (χ3v) is 2.20. The van der Waals surface area contributed by atoms with Crippen molar-refractivity contribution in [1.82, 2.24) is 0 Å². The minimum absolute atomic E-state index is 0.0985. The predicted molar refractivity (Wildman–Crippen MR) is 44.1 cm³/mol. The van der Waals surface area contributed by atoms with Crippen LogP contribution in [-0.2, 0) is 0 Å². The van der Waals surface area contributed by atoms with Gasteiger partial charge < -0.3 is 0 Å². The van der Waals surface area contributed by atoms with Crippen LogP contribution in [0.4, 0.5) is 30.7 Å². The van der Waals surface area contributed by atoms with Gasteiger partial charge in [0.2, 0.25) is 0 Å². The monoisotopic (exact) mass is 338 g/mol. The quantitative estimate of drug-likeness (QED) is 0.412. The van der Waals surface area contributed by atoms with E-state index < -0.39 is 24.4 Å². The van der Waals surface area contributed by atoms with Crippen molar-refractivity contribution in [3.05, 3.63) is 0 Å². The Morgan fingerprint density at radius 3 is 1.57 bits per heavy atom. The van der Waals surface area contributed by atoms with Crippen LogP contribution in [0.5, 0.6) is 0 Å². The highest BCUT2D eigenvalue weighted by Crippen LogP contribution is 2.48. The van der Waals surface area contributed by atoms with E-state index in [-0.39, 0.29) is 10.8 Å². The van der Waals surface area contributed by atoms with Crippen molar-refractivity contribution in [1.29, 1.82) is 0 Å². The zero-order valence-electron chi connectivity index (χ0n) is 6.65. The van der Waals surface area contributed by atoms with E-state index >= 15 is 0 Å². The fourth-order valence-electron chi connectivity index (χ4n) is 0.653. The Balaban J connectivity index is 4.69. The summed E-state index contributed by atoms with van der Waals surface area (Å²) in [5, 5.41) is 0. The molecule has 0 rings (SSSR count). The van der Waals surface area contributed by atoms with Crippen LogP contribution in [0, 0.1) is 0 Å². The maximum absolute atomic E-state index is 12.4. The number of halogens is 8. The van der Waals surface area contributed by atoms with Gasteiger partial charge in [0.1, 0.15) is 0 Å². The molecule has 0 aromatic heterocycles. The molecule has 8 heteroatoms. The zero-order chi connectivity index (χ0) is 11.6. The Morgan fingerprint density at radius 2 is 1.29 bits per heavy atom. The van der Waals surface area contributed by atoms with Gasteiger partial charge in [-0.05, 0) is 10.8 Å². The Bertz CT molecular complexity index is 185. The third kappa shape index (κ3) is 2.86.